The molecular formula is C77H140O6. The molecule has 0 aliphatic rings. The van der Waals surface area contributed by atoms with E-state index in [1.165, 1.54) is 270 Å². The van der Waals surface area contributed by atoms with E-state index in [1.807, 2.05) is 0 Å². The normalized spacial score (nSPS) is 12.4. The van der Waals surface area contributed by atoms with Gasteiger partial charge in [-0.15, -0.1) is 0 Å². The molecule has 0 aliphatic carbocycles. The van der Waals surface area contributed by atoms with Crippen molar-refractivity contribution in [2.75, 3.05) is 13.2 Å². The lowest BCUT2D eigenvalue weighted by molar-refractivity contribution is -0.167. The maximum absolute atomic E-state index is 13.0. The fourth-order valence-corrected chi connectivity index (χ4v) is 10.9. The first-order chi connectivity index (χ1) is 41.0. The molecule has 6 nitrogen and oxygen atoms in total. The minimum Gasteiger partial charge on any atom is -0.462 e. The van der Waals surface area contributed by atoms with Crippen molar-refractivity contribution in [3.05, 3.63) is 60.8 Å². The van der Waals surface area contributed by atoms with E-state index in [0.29, 0.717) is 19.3 Å². The van der Waals surface area contributed by atoms with Crippen molar-refractivity contribution in [3.63, 3.8) is 0 Å². The van der Waals surface area contributed by atoms with Crippen LogP contribution in [0.25, 0.3) is 0 Å². The number of hydrogen-bond donors (Lipinski definition) is 0. The van der Waals surface area contributed by atoms with Gasteiger partial charge in [-0.2, -0.15) is 0 Å². The van der Waals surface area contributed by atoms with Gasteiger partial charge in [0.05, 0.1) is 0 Å². The molecule has 0 bridgehead atoms. The van der Waals surface area contributed by atoms with Crippen LogP contribution in [0.15, 0.2) is 60.8 Å². The molecule has 0 rings (SSSR count). The Hall–Kier alpha value is -2.89. The topological polar surface area (TPSA) is 78.9 Å². The van der Waals surface area contributed by atoms with Crippen molar-refractivity contribution in [2.45, 2.75) is 399 Å². The average molecular weight is 1160 g/mol. The van der Waals surface area contributed by atoms with E-state index in [-0.39, 0.29) is 31.1 Å². The predicted octanol–water partition coefficient (Wildman–Crippen LogP) is 25.5. The third kappa shape index (κ3) is 69.8. The van der Waals surface area contributed by atoms with Crippen LogP contribution in [0.1, 0.15) is 393 Å². The third-order valence-electron chi connectivity index (χ3n) is 16.5. The summed E-state index contributed by atoms with van der Waals surface area (Å²) in [6.07, 6.45) is 92.5. The molecule has 0 heterocycles. The van der Waals surface area contributed by atoms with Crippen LogP contribution in [-0.4, -0.2) is 37.2 Å². The first-order valence-corrected chi connectivity index (χ1v) is 36.8. The molecule has 6 heteroatoms. The van der Waals surface area contributed by atoms with Gasteiger partial charge in [-0.3, -0.25) is 14.4 Å². The number of hydrogen-bond acceptors (Lipinski definition) is 6. The second kappa shape index (κ2) is 71.6. The van der Waals surface area contributed by atoms with Crippen molar-refractivity contribution in [2.24, 2.45) is 0 Å². The van der Waals surface area contributed by atoms with E-state index in [9.17, 15) is 14.4 Å². The summed E-state index contributed by atoms with van der Waals surface area (Å²) in [6.45, 7) is 6.68. The zero-order valence-electron chi connectivity index (χ0n) is 55.7. The molecule has 484 valence electrons. The Morgan fingerprint density at radius 3 is 0.687 bits per heavy atom. The minimum absolute atomic E-state index is 0.0780. The van der Waals surface area contributed by atoms with Gasteiger partial charge in [-0.05, 0) is 109 Å². The molecule has 0 aromatic carbocycles. The number of esters is 3. The van der Waals surface area contributed by atoms with Crippen LogP contribution in [-0.2, 0) is 28.6 Å². The lowest BCUT2D eigenvalue weighted by Crippen LogP contribution is -2.30. The third-order valence-corrected chi connectivity index (χ3v) is 16.5. The summed E-state index contributed by atoms with van der Waals surface area (Å²) in [5, 5.41) is 0. The van der Waals surface area contributed by atoms with E-state index in [2.05, 4.69) is 81.5 Å². The highest BCUT2D eigenvalue weighted by Crippen LogP contribution is 2.18. The number of allylic oxidation sites excluding steroid dienone is 10. The van der Waals surface area contributed by atoms with Crippen molar-refractivity contribution in [1.29, 1.82) is 0 Å². The first-order valence-electron chi connectivity index (χ1n) is 36.8. The van der Waals surface area contributed by atoms with E-state index in [4.69, 9.17) is 14.2 Å². The van der Waals surface area contributed by atoms with Gasteiger partial charge in [0.1, 0.15) is 13.2 Å². The molecule has 1 unspecified atom stereocenters. The number of carbonyl (C=O) groups is 3. The molecule has 0 amide bonds. The Bertz CT molecular complexity index is 1470. The monoisotopic (exact) mass is 1160 g/mol. The van der Waals surface area contributed by atoms with Crippen LogP contribution in [0.2, 0.25) is 0 Å². The lowest BCUT2D eigenvalue weighted by Gasteiger charge is -2.18. The van der Waals surface area contributed by atoms with Gasteiger partial charge in [-0.1, -0.05) is 326 Å². The highest BCUT2D eigenvalue weighted by Gasteiger charge is 2.19. The van der Waals surface area contributed by atoms with Gasteiger partial charge in [0.15, 0.2) is 6.10 Å². The quantitative estimate of drug-likeness (QED) is 0.0261. The van der Waals surface area contributed by atoms with Gasteiger partial charge >= 0.3 is 17.9 Å². The second-order valence-corrected chi connectivity index (χ2v) is 24.8. The fourth-order valence-electron chi connectivity index (χ4n) is 10.9. The van der Waals surface area contributed by atoms with Gasteiger partial charge in [0.25, 0.3) is 0 Å². The standard InChI is InChI=1S/C77H140O6/c1-4-7-10-13-16-19-22-25-28-31-34-37-38-41-43-46-49-52-55-58-61-64-67-70-76(79)82-73-74(83-77(80)71-68-65-62-59-56-53-50-47-44-40-36-33-30-27-24-21-18-15-12-9-6-3)72-81-75(78)69-66-63-60-57-54-51-48-45-42-39-35-32-29-26-23-20-17-14-11-8-5-2/h24,27,31-36,44,47,74H,4-23,25-26,28-30,37-43,45-46,48-73H2,1-3H3/b27-24-,34-31-,35-32-,36-33-,47-44-. The smallest absolute Gasteiger partial charge is 0.306 e. The summed E-state index contributed by atoms with van der Waals surface area (Å²) in [4.78, 5) is 38.5. The van der Waals surface area contributed by atoms with Crippen molar-refractivity contribution < 1.29 is 28.6 Å². The van der Waals surface area contributed by atoms with Crippen LogP contribution in [0.3, 0.4) is 0 Å². The maximum atomic E-state index is 13.0. The Labute approximate surface area is 517 Å². The predicted molar refractivity (Wildman–Crippen MR) is 362 cm³/mol. The van der Waals surface area contributed by atoms with Gasteiger partial charge in [-0.25, -0.2) is 0 Å². The molecule has 0 radical (unpaired) electrons. The van der Waals surface area contributed by atoms with Gasteiger partial charge < -0.3 is 14.2 Å². The summed E-state index contributed by atoms with van der Waals surface area (Å²) in [5.41, 5.74) is 0. The molecule has 0 fully saturated rings. The molecule has 83 heavy (non-hydrogen) atoms. The van der Waals surface area contributed by atoms with Crippen LogP contribution >= 0.6 is 0 Å². The van der Waals surface area contributed by atoms with Crippen LogP contribution in [0.4, 0.5) is 0 Å². The summed E-state index contributed by atoms with van der Waals surface area (Å²) in [7, 11) is 0. The maximum Gasteiger partial charge on any atom is 0.306 e. The van der Waals surface area contributed by atoms with Gasteiger partial charge in [0.2, 0.25) is 0 Å². The fraction of sp³-hybridized carbons (Fsp3) is 0.831. The second-order valence-electron chi connectivity index (χ2n) is 24.8. The van der Waals surface area contributed by atoms with Crippen molar-refractivity contribution in [3.8, 4) is 0 Å². The van der Waals surface area contributed by atoms with Crippen molar-refractivity contribution in [1.82, 2.24) is 0 Å². The Morgan fingerprint density at radius 2 is 0.434 bits per heavy atom. The zero-order valence-corrected chi connectivity index (χ0v) is 55.7. The highest BCUT2D eigenvalue weighted by molar-refractivity contribution is 5.71. The zero-order chi connectivity index (χ0) is 59.9. The number of ether oxygens (including phenoxy) is 3. The Morgan fingerprint density at radius 1 is 0.241 bits per heavy atom. The molecule has 0 saturated heterocycles. The molecule has 0 N–H and O–H groups in total. The summed E-state index contributed by atoms with van der Waals surface area (Å²) < 4.78 is 17.0. The highest BCUT2D eigenvalue weighted by atomic mass is 16.6. The van der Waals surface area contributed by atoms with E-state index >= 15 is 0 Å². The van der Waals surface area contributed by atoms with E-state index in [1.54, 1.807) is 0 Å². The lowest BCUT2D eigenvalue weighted by atomic mass is 10.0. The molecule has 0 aromatic rings. The number of unbranched alkanes of at least 4 members (excludes halogenated alkanes) is 47. The van der Waals surface area contributed by atoms with Crippen LogP contribution in [0.5, 0.6) is 0 Å². The minimum atomic E-state index is -0.785. The number of carbonyl (C=O) groups excluding carboxylic acids is 3. The number of rotatable bonds is 68. The molecular weight excluding hydrogens is 1020 g/mol. The average Bonchev–Trinajstić information content (AvgIpc) is 3.49. The molecule has 1 atom stereocenters. The summed E-state index contributed by atoms with van der Waals surface area (Å²) in [6, 6.07) is 0. The largest absolute Gasteiger partial charge is 0.462 e. The molecule has 0 spiro atoms. The molecule has 0 saturated carbocycles. The Kier molecular flexibility index (Phi) is 69.1. The first kappa shape index (κ1) is 80.1. The SMILES string of the molecule is CCCCCCC/C=C\C/C=C\C/C=C\CCCCCCCCC(=O)OC(COC(=O)CCCCCCCCCCC/C=C\CCCCCCCCCC)COC(=O)CCCCCCCCCCCCC/C=C\CCCCCCCCCC. The van der Waals surface area contributed by atoms with Gasteiger partial charge in [0, 0.05) is 19.3 Å². The summed E-state index contributed by atoms with van der Waals surface area (Å²) in [5.74, 6) is -0.868. The van der Waals surface area contributed by atoms with E-state index in [0.717, 1.165) is 83.5 Å². The summed E-state index contributed by atoms with van der Waals surface area (Å²) >= 11 is 0. The Balaban J connectivity index is 4.37. The van der Waals surface area contributed by atoms with Crippen LogP contribution in [0, 0.1) is 0 Å². The molecule has 0 aliphatic heterocycles. The molecule has 0 aromatic heterocycles. The van der Waals surface area contributed by atoms with E-state index < -0.39 is 6.10 Å². The van der Waals surface area contributed by atoms with Crippen LogP contribution < -0.4 is 0 Å². The van der Waals surface area contributed by atoms with Crippen molar-refractivity contribution >= 4 is 17.9 Å².